The lowest BCUT2D eigenvalue weighted by Gasteiger charge is -2.11. The molecule has 0 unspecified atom stereocenters. The molecule has 0 radical (unpaired) electrons. The summed E-state index contributed by atoms with van der Waals surface area (Å²) < 4.78 is 20.9. The standard InChI is InChI=1S/C13H21NO4/c1-15-9-10-17-7-4-8-18-12-6-3-5-11(16-2)13(12)14/h3,5-6H,4,7-10,14H2,1-2H3. The zero-order valence-electron chi connectivity index (χ0n) is 11.0. The summed E-state index contributed by atoms with van der Waals surface area (Å²) in [7, 11) is 3.23. The van der Waals surface area contributed by atoms with Crippen molar-refractivity contribution in [3.63, 3.8) is 0 Å². The van der Waals surface area contributed by atoms with Crippen LogP contribution in [0.2, 0.25) is 0 Å². The van der Waals surface area contributed by atoms with Crippen LogP contribution in [0.15, 0.2) is 18.2 Å². The Morgan fingerprint density at radius 3 is 2.50 bits per heavy atom. The van der Waals surface area contributed by atoms with Gasteiger partial charge in [0.25, 0.3) is 0 Å². The van der Waals surface area contributed by atoms with Crippen LogP contribution in [0.4, 0.5) is 5.69 Å². The molecule has 0 aliphatic rings. The lowest BCUT2D eigenvalue weighted by atomic mass is 10.3. The Bertz CT molecular complexity index is 344. The molecule has 0 fully saturated rings. The van der Waals surface area contributed by atoms with Crippen LogP contribution in [-0.2, 0) is 9.47 Å². The molecule has 1 aromatic carbocycles. The first-order valence-electron chi connectivity index (χ1n) is 5.91. The maximum Gasteiger partial charge on any atom is 0.146 e. The van der Waals surface area contributed by atoms with E-state index in [0.717, 1.165) is 6.42 Å². The Balaban J connectivity index is 2.23. The molecule has 18 heavy (non-hydrogen) atoms. The highest BCUT2D eigenvalue weighted by Crippen LogP contribution is 2.30. The third kappa shape index (κ3) is 4.81. The topological polar surface area (TPSA) is 62.9 Å². The van der Waals surface area contributed by atoms with Crippen molar-refractivity contribution in [2.24, 2.45) is 0 Å². The molecule has 102 valence electrons. The molecular formula is C13H21NO4. The number of methoxy groups -OCH3 is 2. The first-order chi connectivity index (χ1) is 8.79. The highest BCUT2D eigenvalue weighted by atomic mass is 16.5. The lowest BCUT2D eigenvalue weighted by Crippen LogP contribution is -2.07. The molecule has 0 saturated carbocycles. The zero-order valence-corrected chi connectivity index (χ0v) is 11.0. The van der Waals surface area contributed by atoms with Crippen molar-refractivity contribution in [1.82, 2.24) is 0 Å². The summed E-state index contributed by atoms with van der Waals surface area (Å²) in [5.74, 6) is 1.27. The van der Waals surface area contributed by atoms with Crippen molar-refractivity contribution in [2.45, 2.75) is 6.42 Å². The Morgan fingerprint density at radius 1 is 1.00 bits per heavy atom. The quantitative estimate of drug-likeness (QED) is 0.537. The van der Waals surface area contributed by atoms with Crippen LogP contribution < -0.4 is 15.2 Å². The number of ether oxygens (including phenoxy) is 4. The van der Waals surface area contributed by atoms with Crippen molar-refractivity contribution >= 4 is 5.69 Å². The fourth-order valence-corrected chi connectivity index (χ4v) is 1.42. The molecule has 5 heteroatoms. The van der Waals surface area contributed by atoms with Crippen LogP contribution in [0.5, 0.6) is 11.5 Å². The number of rotatable bonds is 9. The van der Waals surface area contributed by atoms with Crippen molar-refractivity contribution in [2.75, 3.05) is 46.4 Å². The number of anilines is 1. The van der Waals surface area contributed by atoms with Gasteiger partial charge in [-0.3, -0.25) is 0 Å². The number of para-hydroxylation sites is 1. The molecule has 1 aromatic rings. The molecule has 0 amide bonds. The Hall–Kier alpha value is -1.46. The maximum atomic E-state index is 5.88. The van der Waals surface area contributed by atoms with E-state index in [1.165, 1.54) is 0 Å². The van der Waals surface area contributed by atoms with Gasteiger partial charge in [-0.05, 0) is 12.1 Å². The van der Waals surface area contributed by atoms with E-state index in [0.29, 0.717) is 43.6 Å². The molecule has 0 aliphatic carbocycles. The van der Waals surface area contributed by atoms with Crippen LogP contribution in [-0.4, -0.2) is 40.6 Å². The van der Waals surface area contributed by atoms with Crippen LogP contribution in [0.1, 0.15) is 6.42 Å². The van der Waals surface area contributed by atoms with Gasteiger partial charge in [-0.15, -0.1) is 0 Å². The average Bonchev–Trinajstić information content (AvgIpc) is 2.39. The number of hydrogen-bond donors (Lipinski definition) is 1. The van der Waals surface area contributed by atoms with E-state index in [-0.39, 0.29) is 0 Å². The summed E-state index contributed by atoms with van der Waals surface area (Å²) in [6.45, 7) is 2.43. The van der Waals surface area contributed by atoms with Crippen molar-refractivity contribution in [3.05, 3.63) is 18.2 Å². The minimum absolute atomic E-state index is 0.528. The minimum atomic E-state index is 0.528. The summed E-state index contributed by atoms with van der Waals surface area (Å²) >= 11 is 0. The van der Waals surface area contributed by atoms with Gasteiger partial charge in [0.05, 0.1) is 26.9 Å². The van der Waals surface area contributed by atoms with Gasteiger partial charge < -0.3 is 24.7 Å². The monoisotopic (exact) mass is 255 g/mol. The van der Waals surface area contributed by atoms with Crippen LogP contribution in [0, 0.1) is 0 Å². The fourth-order valence-electron chi connectivity index (χ4n) is 1.42. The second-order valence-corrected chi connectivity index (χ2v) is 3.68. The first kappa shape index (κ1) is 14.6. The Morgan fingerprint density at radius 2 is 1.78 bits per heavy atom. The predicted octanol–water partition coefficient (Wildman–Crippen LogP) is 1.71. The average molecular weight is 255 g/mol. The van der Waals surface area contributed by atoms with Gasteiger partial charge >= 0.3 is 0 Å². The molecule has 0 aromatic heterocycles. The van der Waals surface area contributed by atoms with Gasteiger partial charge in [-0.25, -0.2) is 0 Å². The first-order valence-corrected chi connectivity index (χ1v) is 5.91. The lowest BCUT2D eigenvalue weighted by molar-refractivity contribution is 0.0644. The molecule has 5 nitrogen and oxygen atoms in total. The normalized spacial score (nSPS) is 10.3. The summed E-state index contributed by atoms with van der Waals surface area (Å²) in [5.41, 5.74) is 6.40. The molecule has 2 N–H and O–H groups in total. The van der Waals surface area contributed by atoms with Gasteiger partial charge in [0.2, 0.25) is 0 Å². The molecule has 1 rings (SSSR count). The fraction of sp³-hybridized carbons (Fsp3) is 0.538. The van der Waals surface area contributed by atoms with Gasteiger partial charge in [0, 0.05) is 20.1 Å². The van der Waals surface area contributed by atoms with Gasteiger partial charge in [0.15, 0.2) is 0 Å². The van der Waals surface area contributed by atoms with E-state index in [1.807, 2.05) is 12.1 Å². The highest BCUT2D eigenvalue weighted by molar-refractivity contribution is 5.62. The van der Waals surface area contributed by atoms with E-state index in [9.17, 15) is 0 Å². The second kappa shape index (κ2) is 8.60. The molecule has 0 aliphatic heterocycles. The maximum absolute atomic E-state index is 5.88. The number of hydrogen-bond acceptors (Lipinski definition) is 5. The number of nitrogens with two attached hydrogens (primary N) is 1. The number of nitrogen functional groups attached to an aromatic ring is 1. The summed E-state index contributed by atoms with van der Waals surface area (Å²) in [4.78, 5) is 0. The third-order valence-corrected chi connectivity index (χ3v) is 2.37. The predicted molar refractivity (Wildman–Crippen MR) is 70.2 cm³/mol. The third-order valence-electron chi connectivity index (χ3n) is 2.37. The molecule has 0 atom stereocenters. The largest absolute Gasteiger partial charge is 0.494 e. The smallest absolute Gasteiger partial charge is 0.146 e. The van der Waals surface area contributed by atoms with Crippen molar-refractivity contribution in [1.29, 1.82) is 0 Å². The highest BCUT2D eigenvalue weighted by Gasteiger charge is 2.05. The van der Waals surface area contributed by atoms with E-state index < -0.39 is 0 Å². The zero-order chi connectivity index (χ0) is 13.2. The molecular weight excluding hydrogens is 234 g/mol. The van der Waals surface area contributed by atoms with E-state index >= 15 is 0 Å². The van der Waals surface area contributed by atoms with Gasteiger partial charge in [-0.2, -0.15) is 0 Å². The molecule has 0 saturated heterocycles. The van der Waals surface area contributed by atoms with Crippen LogP contribution in [0.25, 0.3) is 0 Å². The molecule has 0 spiro atoms. The van der Waals surface area contributed by atoms with Crippen molar-refractivity contribution in [3.8, 4) is 11.5 Å². The van der Waals surface area contributed by atoms with Gasteiger partial charge in [0.1, 0.15) is 17.2 Å². The summed E-state index contributed by atoms with van der Waals surface area (Å²) in [6, 6.07) is 5.47. The number of benzene rings is 1. The summed E-state index contributed by atoms with van der Waals surface area (Å²) in [6.07, 6.45) is 0.806. The van der Waals surface area contributed by atoms with E-state index in [2.05, 4.69) is 0 Å². The Kier molecular flexibility index (Phi) is 6.98. The minimum Gasteiger partial charge on any atom is -0.494 e. The van der Waals surface area contributed by atoms with Crippen molar-refractivity contribution < 1.29 is 18.9 Å². The van der Waals surface area contributed by atoms with Crippen LogP contribution in [0.3, 0.4) is 0 Å². The Labute approximate surface area is 108 Å². The van der Waals surface area contributed by atoms with E-state index in [1.54, 1.807) is 20.3 Å². The summed E-state index contributed by atoms with van der Waals surface area (Å²) in [5, 5.41) is 0. The van der Waals surface area contributed by atoms with Gasteiger partial charge in [-0.1, -0.05) is 6.07 Å². The van der Waals surface area contributed by atoms with E-state index in [4.69, 9.17) is 24.7 Å². The SMILES string of the molecule is COCCOCCCOc1cccc(OC)c1N. The molecule has 0 bridgehead atoms. The van der Waals surface area contributed by atoms with Crippen LogP contribution >= 0.6 is 0 Å². The second-order valence-electron chi connectivity index (χ2n) is 3.68. The molecule has 0 heterocycles.